The molecule has 0 rings (SSSR count). The molecule has 0 saturated heterocycles. The molecule has 0 aromatic carbocycles. The molecule has 0 aromatic rings. The quantitative estimate of drug-likeness (QED) is 0.389. The summed E-state index contributed by atoms with van der Waals surface area (Å²) in [6.45, 7) is 7.43. The predicted molar refractivity (Wildman–Crippen MR) is 54.9 cm³/mol. The minimum absolute atomic E-state index is 0.208. The second kappa shape index (κ2) is 6.20. The summed E-state index contributed by atoms with van der Waals surface area (Å²) in [6.07, 6.45) is 5.61. The topological polar surface area (TPSA) is 41.1 Å². The normalized spacial score (nSPS) is 11.8. The molecule has 3 nitrogen and oxygen atoms in total. The summed E-state index contributed by atoms with van der Waals surface area (Å²) < 4.78 is 0. The Morgan fingerprint density at radius 1 is 1.46 bits per heavy atom. The standard InChI is InChI=1S/C10H16N2O/c1-5-6-7-8(2)9(3)10(13)12-11-4/h5-7,11H,3H2,1-2,4H3,(H,12,13)/b6-5-,8-7-. The predicted octanol–water partition coefficient (Wildman–Crippen LogP) is 1.32. The number of carbonyl (C=O) groups excluding carboxylic acids is 1. The molecule has 2 N–H and O–H groups in total. The van der Waals surface area contributed by atoms with Crippen LogP contribution in [0.1, 0.15) is 13.8 Å². The van der Waals surface area contributed by atoms with Crippen LogP contribution in [-0.2, 0) is 4.79 Å². The summed E-state index contributed by atoms with van der Waals surface area (Å²) in [6, 6.07) is 0. The molecule has 72 valence electrons. The summed E-state index contributed by atoms with van der Waals surface area (Å²) in [4.78, 5) is 11.2. The second-order valence-corrected chi connectivity index (χ2v) is 2.56. The molecule has 0 bridgehead atoms. The van der Waals surface area contributed by atoms with E-state index in [1.54, 1.807) is 7.05 Å². The highest BCUT2D eigenvalue weighted by Crippen LogP contribution is 2.06. The molecule has 0 aromatic heterocycles. The molecule has 0 aliphatic heterocycles. The Morgan fingerprint density at radius 2 is 2.08 bits per heavy atom. The van der Waals surface area contributed by atoms with Gasteiger partial charge < -0.3 is 0 Å². The first-order valence-electron chi connectivity index (χ1n) is 4.09. The van der Waals surface area contributed by atoms with E-state index >= 15 is 0 Å². The average Bonchev–Trinajstić information content (AvgIpc) is 2.13. The number of allylic oxidation sites excluding steroid dienone is 3. The fourth-order valence-electron chi connectivity index (χ4n) is 0.709. The van der Waals surface area contributed by atoms with Gasteiger partial charge in [0.2, 0.25) is 0 Å². The molecule has 0 unspecified atom stereocenters. The van der Waals surface area contributed by atoms with Crippen molar-refractivity contribution in [1.29, 1.82) is 0 Å². The average molecular weight is 180 g/mol. The molecule has 13 heavy (non-hydrogen) atoms. The fourth-order valence-corrected chi connectivity index (χ4v) is 0.709. The van der Waals surface area contributed by atoms with E-state index in [1.165, 1.54) is 0 Å². The smallest absolute Gasteiger partial charge is 0.265 e. The highest BCUT2D eigenvalue weighted by molar-refractivity contribution is 5.96. The molecular formula is C10H16N2O. The van der Waals surface area contributed by atoms with Crippen LogP contribution in [0.4, 0.5) is 0 Å². The summed E-state index contributed by atoms with van der Waals surface area (Å²) in [5.74, 6) is -0.208. The van der Waals surface area contributed by atoms with Gasteiger partial charge in [-0.2, -0.15) is 0 Å². The van der Waals surface area contributed by atoms with Crippen LogP contribution in [0, 0.1) is 0 Å². The molecule has 0 spiro atoms. The summed E-state index contributed by atoms with van der Waals surface area (Å²) in [7, 11) is 1.64. The van der Waals surface area contributed by atoms with Crippen molar-refractivity contribution in [2.45, 2.75) is 13.8 Å². The zero-order valence-corrected chi connectivity index (χ0v) is 8.35. The molecule has 0 radical (unpaired) electrons. The Hall–Kier alpha value is -1.35. The van der Waals surface area contributed by atoms with Crippen molar-refractivity contribution in [2.24, 2.45) is 0 Å². The molecule has 0 saturated carbocycles. The Bertz CT molecular complexity index is 252. The maximum atomic E-state index is 11.2. The van der Waals surface area contributed by atoms with Gasteiger partial charge in [-0.1, -0.05) is 24.8 Å². The number of amides is 1. The van der Waals surface area contributed by atoms with E-state index in [9.17, 15) is 4.79 Å². The lowest BCUT2D eigenvalue weighted by molar-refractivity contribution is -0.118. The Labute approximate surface area is 79.2 Å². The molecular weight excluding hydrogens is 164 g/mol. The highest BCUT2D eigenvalue weighted by Gasteiger charge is 2.05. The Morgan fingerprint density at radius 3 is 2.54 bits per heavy atom. The van der Waals surface area contributed by atoms with Crippen LogP contribution in [-0.4, -0.2) is 13.0 Å². The number of carbonyl (C=O) groups is 1. The highest BCUT2D eigenvalue weighted by atomic mass is 16.2. The van der Waals surface area contributed by atoms with Gasteiger partial charge in [-0.05, 0) is 19.4 Å². The first-order valence-corrected chi connectivity index (χ1v) is 4.09. The van der Waals surface area contributed by atoms with Crippen LogP contribution in [0.5, 0.6) is 0 Å². The van der Waals surface area contributed by atoms with Gasteiger partial charge in [0.15, 0.2) is 0 Å². The van der Waals surface area contributed by atoms with E-state index in [4.69, 9.17) is 0 Å². The molecule has 0 aliphatic carbocycles. The maximum Gasteiger partial charge on any atom is 0.265 e. The summed E-state index contributed by atoms with van der Waals surface area (Å²) >= 11 is 0. The van der Waals surface area contributed by atoms with Gasteiger partial charge in [0.25, 0.3) is 5.91 Å². The second-order valence-electron chi connectivity index (χ2n) is 2.56. The zero-order chi connectivity index (χ0) is 10.3. The van der Waals surface area contributed by atoms with Gasteiger partial charge >= 0.3 is 0 Å². The Balaban J connectivity index is 4.33. The lowest BCUT2D eigenvalue weighted by Crippen LogP contribution is -2.35. The first kappa shape index (κ1) is 11.6. The number of rotatable bonds is 4. The van der Waals surface area contributed by atoms with Crippen molar-refractivity contribution in [3.05, 3.63) is 36.0 Å². The molecule has 0 atom stereocenters. The molecule has 3 heteroatoms. The van der Waals surface area contributed by atoms with Crippen molar-refractivity contribution < 1.29 is 4.79 Å². The van der Waals surface area contributed by atoms with Gasteiger partial charge in [-0.25, -0.2) is 5.43 Å². The number of hydrazine groups is 1. The minimum atomic E-state index is -0.208. The third kappa shape index (κ3) is 4.28. The zero-order valence-electron chi connectivity index (χ0n) is 8.35. The molecule has 0 fully saturated rings. The number of nitrogens with one attached hydrogen (secondary N) is 2. The van der Waals surface area contributed by atoms with Gasteiger partial charge in [0, 0.05) is 12.6 Å². The van der Waals surface area contributed by atoms with E-state index in [0.29, 0.717) is 5.57 Å². The first-order chi connectivity index (χ1) is 6.13. The van der Waals surface area contributed by atoms with E-state index in [2.05, 4.69) is 17.4 Å². The van der Waals surface area contributed by atoms with E-state index in [-0.39, 0.29) is 5.91 Å². The SMILES string of the molecule is C=C(C(=O)NNC)/C(C)=C\C=C/C. The van der Waals surface area contributed by atoms with Crippen LogP contribution in [0.3, 0.4) is 0 Å². The van der Waals surface area contributed by atoms with Gasteiger partial charge in [0.05, 0.1) is 0 Å². The van der Waals surface area contributed by atoms with Crippen LogP contribution in [0.2, 0.25) is 0 Å². The lowest BCUT2D eigenvalue weighted by Gasteiger charge is -2.05. The summed E-state index contributed by atoms with van der Waals surface area (Å²) in [5, 5.41) is 0. The van der Waals surface area contributed by atoms with Crippen LogP contribution in [0.15, 0.2) is 36.0 Å². The molecule has 1 amide bonds. The third-order valence-corrected chi connectivity index (χ3v) is 1.53. The van der Waals surface area contributed by atoms with E-state index < -0.39 is 0 Å². The van der Waals surface area contributed by atoms with E-state index in [0.717, 1.165) is 5.57 Å². The van der Waals surface area contributed by atoms with Crippen LogP contribution in [0.25, 0.3) is 0 Å². The third-order valence-electron chi connectivity index (χ3n) is 1.53. The van der Waals surface area contributed by atoms with Gasteiger partial charge in [-0.3, -0.25) is 10.2 Å². The van der Waals surface area contributed by atoms with Crippen molar-refractivity contribution in [1.82, 2.24) is 10.9 Å². The lowest BCUT2D eigenvalue weighted by atomic mass is 10.1. The largest absolute Gasteiger partial charge is 0.288 e. The number of hydrogen-bond donors (Lipinski definition) is 2. The van der Waals surface area contributed by atoms with Crippen molar-refractivity contribution in [3.8, 4) is 0 Å². The molecule has 0 aliphatic rings. The maximum absolute atomic E-state index is 11.2. The monoisotopic (exact) mass is 180 g/mol. The van der Waals surface area contributed by atoms with Gasteiger partial charge in [0.1, 0.15) is 0 Å². The molecule has 0 heterocycles. The minimum Gasteiger partial charge on any atom is -0.288 e. The Kier molecular flexibility index (Phi) is 5.55. The van der Waals surface area contributed by atoms with Gasteiger partial charge in [-0.15, -0.1) is 0 Å². The summed E-state index contributed by atoms with van der Waals surface area (Å²) in [5.41, 5.74) is 6.32. The van der Waals surface area contributed by atoms with Crippen molar-refractivity contribution in [2.75, 3.05) is 7.05 Å². The van der Waals surface area contributed by atoms with Crippen LogP contribution < -0.4 is 10.9 Å². The fraction of sp³-hybridized carbons (Fsp3) is 0.300. The number of hydrogen-bond acceptors (Lipinski definition) is 2. The van der Waals surface area contributed by atoms with Crippen LogP contribution >= 0.6 is 0 Å². The van der Waals surface area contributed by atoms with Crippen molar-refractivity contribution >= 4 is 5.91 Å². The van der Waals surface area contributed by atoms with Crippen molar-refractivity contribution in [3.63, 3.8) is 0 Å². The van der Waals surface area contributed by atoms with E-state index in [1.807, 2.05) is 32.1 Å².